The summed E-state index contributed by atoms with van der Waals surface area (Å²) in [7, 11) is 0. The van der Waals surface area contributed by atoms with Gasteiger partial charge in [0.25, 0.3) is 6.71 Å². The van der Waals surface area contributed by atoms with Crippen molar-refractivity contribution in [2.75, 3.05) is 0 Å². The second-order valence-electron chi connectivity index (χ2n) is 31.1. The average Bonchev–Trinajstić information content (AvgIpc) is 4.05. The molecule has 0 N–H and O–H groups in total. The molecular formula is C70H79B3N2. The molecule has 0 spiro atoms. The number of benzene rings is 7. The zero-order valence-corrected chi connectivity index (χ0v) is 49.4. The smallest absolute Gasteiger partial charge is 0.252 e. The third kappa shape index (κ3) is 6.67. The maximum absolute atomic E-state index is 2.85. The number of rotatable bonds is 2. The van der Waals surface area contributed by atoms with Crippen LogP contribution in [-0.2, 0) is 37.9 Å². The van der Waals surface area contributed by atoms with E-state index in [-0.39, 0.29) is 58.0 Å². The van der Waals surface area contributed by atoms with Gasteiger partial charge in [0.1, 0.15) is 0 Å². The summed E-state index contributed by atoms with van der Waals surface area (Å²) < 4.78 is 5.71. The normalized spacial score (nSPS) is 15.2. The van der Waals surface area contributed by atoms with Crippen molar-refractivity contribution in [2.45, 2.75) is 183 Å². The molecule has 0 fully saturated rings. The number of hydrogen-bond donors (Lipinski definition) is 0. The predicted molar refractivity (Wildman–Crippen MR) is 333 cm³/mol. The lowest BCUT2D eigenvalue weighted by Crippen LogP contribution is -2.71. The standard InChI is InChI=1S/C70H79B3N2/c1-64(2,3)38-22-26-44(27-23-38)71-50-34-40(66(7,8)9)30-46-48-32-42(68(13,14)15)36-52-60(48)74(58(46)50)62-55(71)54(70(19,20)21)56-63-57(62)73(52)53-37-43(69(16,17)18)33-49-47-31-41(67(10,11)12)35-51(59(47)75(63)61(49)53)72(56)45-28-24-39(25-29-45)65(4,5)6/h22-37H,1-21H3. The van der Waals surface area contributed by atoms with E-state index >= 15 is 0 Å². The quantitative estimate of drug-likeness (QED) is 0.153. The van der Waals surface area contributed by atoms with Gasteiger partial charge >= 0.3 is 0 Å². The van der Waals surface area contributed by atoms with E-state index in [1.54, 1.807) is 0 Å². The van der Waals surface area contributed by atoms with Gasteiger partial charge in [-0.05, 0) is 139 Å². The largest absolute Gasteiger partial charge is 0.311 e. The molecule has 9 aromatic rings. The van der Waals surface area contributed by atoms with Crippen molar-refractivity contribution in [1.29, 1.82) is 0 Å². The van der Waals surface area contributed by atoms with Crippen molar-refractivity contribution in [2.24, 2.45) is 0 Å². The molecule has 2 aromatic heterocycles. The van der Waals surface area contributed by atoms with Crippen molar-refractivity contribution >= 4 is 113 Å². The van der Waals surface area contributed by atoms with Gasteiger partial charge in [-0.15, -0.1) is 0 Å². The molecule has 0 unspecified atom stereocenters. The Kier molecular flexibility index (Phi) is 9.57. The van der Waals surface area contributed by atoms with Crippen LogP contribution in [0.5, 0.6) is 0 Å². The summed E-state index contributed by atoms with van der Waals surface area (Å²) >= 11 is 0. The van der Waals surface area contributed by atoms with Gasteiger partial charge in [-0.2, -0.15) is 0 Å². The van der Waals surface area contributed by atoms with E-state index in [2.05, 4.69) is 252 Å². The summed E-state index contributed by atoms with van der Waals surface area (Å²) in [5, 5.41) is 5.60. The molecule has 0 bridgehead atoms. The summed E-state index contributed by atoms with van der Waals surface area (Å²) in [6, 6.07) is 41.0. The minimum atomic E-state index is -0.249. The zero-order valence-electron chi connectivity index (χ0n) is 49.4. The van der Waals surface area contributed by atoms with Crippen LogP contribution in [-0.4, -0.2) is 29.3 Å². The van der Waals surface area contributed by atoms with Gasteiger partial charge in [0.2, 0.25) is 13.4 Å². The SMILES string of the molecule is CC(C)(C)c1ccc(B2c3c4c5c6c(c3C(C)(C)C)B(c3ccc(C(C)(C)C)cc3)c3cc(C(C)(C)C)cc7c8cc(C(C)(C)C)cc(c8n-6c37)B5c3cc(C(C)(C)C)cc5c6cc(C(C)(C)C)cc2c6n-4c35)cc1. The lowest BCUT2D eigenvalue weighted by Gasteiger charge is -2.46. The molecule has 0 amide bonds. The highest BCUT2D eigenvalue weighted by atomic mass is 15.1. The molecule has 0 saturated carbocycles. The fraction of sp³-hybridized carbons (Fsp3) is 0.400. The molecule has 7 aromatic carbocycles. The van der Waals surface area contributed by atoms with Crippen molar-refractivity contribution in [1.82, 2.24) is 9.13 Å². The molecule has 0 atom stereocenters. The van der Waals surface area contributed by atoms with Crippen LogP contribution >= 0.6 is 0 Å². The van der Waals surface area contributed by atoms with Crippen LogP contribution in [0.4, 0.5) is 0 Å². The second kappa shape index (κ2) is 14.7. The highest BCUT2D eigenvalue weighted by Crippen LogP contribution is 2.46. The molecule has 5 heteroatoms. The highest BCUT2D eigenvalue weighted by Gasteiger charge is 2.53. The van der Waals surface area contributed by atoms with Crippen LogP contribution in [0.3, 0.4) is 0 Å². The van der Waals surface area contributed by atoms with Crippen molar-refractivity contribution < 1.29 is 0 Å². The predicted octanol–water partition coefficient (Wildman–Crippen LogP) is 11.8. The first-order valence-electron chi connectivity index (χ1n) is 28.5. The van der Waals surface area contributed by atoms with Gasteiger partial charge in [-0.25, -0.2) is 0 Å². The zero-order chi connectivity index (χ0) is 53.7. The summed E-state index contributed by atoms with van der Waals surface area (Å²) in [6.45, 7) is 50.8. The molecule has 2 nitrogen and oxygen atoms in total. The molecule has 378 valence electrons. The first-order chi connectivity index (χ1) is 34.7. The Bertz CT molecular complexity index is 3760. The number of fused-ring (bicyclic) bond motifs is 4. The van der Waals surface area contributed by atoms with Crippen LogP contribution in [0.2, 0.25) is 0 Å². The van der Waals surface area contributed by atoms with Crippen LogP contribution in [0.25, 0.3) is 55.0 Å². The molecule has 75 heavy (non-hydrogen) atoms. The molecule has 6 heterocycles. The lowest BCUT2D eigenvalue weighted by atomic mass is 9.26. The van der Waals surface area contributed by atoms with E-state index in [4.69, 9.17) is 0 Å². The monoisotopic (exact) mass is 981 g/mol. The maximum Gasteiger partial charge on any atom is 0.252 e. The fourth-order valence-corrected chi connectivity index (χ4v) is 14.5. The topological polar surface area (TPSA) is 9.86 Å². The van der Waals surface area contributed by atoms with E-state index in [1.165, 1.54) is 143 Å². The van der Waals surface area contributed by atoms with Gasteiger partial charge in [0, 0.05) is 55.0 Å². The Morgan fingerprint density at radius 3 is 0.760 bits per heavy atom. The van der Waals surface area contributed by atoms with E-state index in [0.717, 1.165) is 0 Å². The van der Waals surface area contributed by atoms with Crippen LogP contribution in [0.15, 0.2) is 97.1 Å². The van der Waals surface area contributed by atoms with Crippen molar-refractivity contribution in [3.63, 3.8) is 0 Å². The summed E-state index contributed by atoms with van der Waals surface area (Å²) in [5.74, 6) is 0. The molecule has 4 aliphatic rings. The first-order valence-corrected chi connectivity index (χ1v) is 28.5. The third-order valence-corrected chi connectivity index (χ3v) is 18.6. The van der Waals surface area contributed by atoms with E-state index in [1.807, 2.05) is 0 Å². The highest BCUT2D eigenvalue weighted by molar-refractivity contribution is 7.06. The van der Waals surface area contributed by atoms with Gasteiger partial charge in [0.05, 0.1) is 0 Å². The average molecular weight is 981 g/mol. The maximum atomic E-state index is 2.85. The minimum Gasteiger partial charge on any atom is -0.311 e. The Hall–Kier alpha value is -5.67. The van der Waals surface area contributed by atoms with Crippen molar-refractivity contribution in [3.05, 3.63) is 136 Å². The molecule has 0 aliphatic carbocycles. The Morgan fingerprint density at radius 1 is 0.267 bits per heavy atom. The Labute approximate surface area is 450 Å². The van der Waals surface area contributed by atoms with E-state index in [9.17, 15) is 0 Å². The van der Waals surface area contributed by atoms with Crippen LogP contribution in [0, 0.1) is 0 Å². The molecule has 13 rings (SSSR count). The van der Waals surface area contributed by atoms with Gasteiger partial charge < -0.3 is 9.13 Å². The Balaban J connectivity index is 1.35. The Morgan fingerprint density at radius 2 is 0.520 bits per heavy atom. The van der Waals surface area contributed by atoms with E-state index in [0.29, 0.717) is 0 Å². The van der Waals surface area contributed by atoms with Crippen molar-refractivity contribution in [3.8, 4) is 11.4 Å². The summed E-state index contributed by atoms with van der Waals surface area (Å²) in [6.07, 6.45) is 0. The van der Waals surface area contributed by atoms with E-state index < -0.39 is 0 Å². The van der Waals surface area contributed by atoms with Crippen LogP contribution in [0.1, 0.15) is 184 Å². The number of aromatic nitrogens is 2. The van der Waals surface area contributed by atoms with Gasteiger partial charge in [-0.3, -0.25) is 0 Å². The van der Waals surface area contributed by atoms with Crippen LogP contribution < -0.4 is 49.2 Å². The molecule has 0 radical (unpaired) electrons. The summed E-state index contributed by atoms with van der Waals surface area (Å²) in [5.41, 5.74) is 31.0. The second-order valence-corrected chi connectivity index (χ2v) is 31.1. The first kappa shape index (κ1) is 48.9. The lowest BCUT2D eigenvalue weighted by molar-refractivity contribution is 0.590. The third-order valence-electron chi connectivity index (χ3n) is 18.6. The van der Waals surface area contributed by atoms with Gasteiger partial charge in [0.15, 0.2) is 0 Å². The number of nitrogens with zero attached hydrogens (tertiary/aromatic N) is 2. The fourth-order valence-electron chi connectivity index (χ4n) is 14.5. The van der Waals surface area contributed by atoms with Gasteiger partial charge in [-0.1, -0.05) is 229 Å². The molecular weight excluding hydrogens is 901 g/mol. The summed E-state index contributed by atoms with van der Waals surface area (Å²) in [4.78, 5) is 0. The number of hydrogen-bond acceptors (Lipinski definition) is 0. The molecule has 0 saturated heterocycles. The molecule has 4 aliphatic heterocycles. The minimum absolute atomic E-state index is 0.00563.